The van der Waals surface area contributed by atoms with Gasteiger partial charge in [0.15, 0.2) is 6.61 Å². The molecule has 0 spiro atoms. The number of rotatable bonds is 8. The number of piperidine rings is 2. The summed E-state index contributed by atoms with van der Waals surface area (Å²) in [5, 5.41) is 4.04. The van der Waals surface area contributed by atoms with Crippen LogP contribution in [0.4, 0.5) is 0 Å². The van der Waals surface area contributed by atoms with Gasteiger partial charge in [0.25, 0.3) is 0 Å². The number of esters is 1. The van der Waals surface area contributed by atoms with Gasteiger partial charge in [-0.1, -0.05) is 23.4 Å². The third kappa shape index (κ3) is 6.04. The van der Waals surface area contributed by atoms with Crippen LogP contribution in [0.2, 0.25) is 0 Å². The van der Waals surface area contributed by atoms with Gasteiger partial charge in [-0.2, -0.15) is 4.98 Å². The van der Waals surface area contributed by atoms with Crippen molar-refractivity contribution < 1.29 is 18.8 Å². The first-order valence-electron chi connectivity index (χ1n) is 11.3. The molecule has 0 bridgehead atoms. The monoisotopic (exact) mass is 428 g/mol. The third-order valence-corrected chi connectivity index (χ3v) is 6.13. The molecule has 1 aromatic carbocycles. The molecule has 168 valence electrons. The summed E-state index contributed by atoms with van der Waals surface area (Å²) in [5.74, 6) is 1.98. The van der Waals surface area contributed by atoms with E-state index in [4.69, 9.17) is 14.0 Å². The number of hydrogen-bond acceptors (Lipinski definition) is 8. The van der Waals surface area contributed by atoms with Crippen LogP contribution in [0.15, 0.2) is 34.9 Å². The highest BCUT2D eigenvalue weighted by Gasteiger charge is 2.32. The fourth-order valence-corrected chi connectivity index (χ4v) is 4.50. The van der Waals surface area contributed by atoms with Gasteiger partial charge in [0.05, 0.1) is 19.1 Å². The molecule has 1 atom stereocenters. The van der Waals surface area contributed by atoms with Crippen molar-refractivity contribution >= 4 is 5.97 Å². The van der Waals surface area contributed by atoms with E-state index in [9.17, 15) is 4.79 Å². The lowest BCUT2D eigenvalue weighted by molar-refractivity contribution is -0.150. The molecule has 0 saturated carbocycles. The van der Waals surface area contributed by atoms with E-state index in [1.807, 2.05) is 37.3 Å². The first-order chi connectivity index (χ1) is 15.2. The fourth-order valence-electron chi connectivity index (χ4n) is 4.50. The van der Waals surface area contributed by atoms with E-state index in [1.54, 1.807) is 0 Å². The Balaban J connectivity index is 1.21. The Morgan fingerprint density at radius 2 is 1.97 bits per heavy atom. The number of aromatic nitrogens is 2. The molecule has 0 amide bonds. The third-order valence-electron chi connectivity index (χ3n) is 6.13. The number of benzene rings is 1. The van der Waals surface area contributed by atoms with Crippen molar-refractivity contribution in [2.75, 3.05) is 32.8 Å². The van der Waals surface area contributed by atoms with Crippen LogP contribution in [-0.4, -0.2) is 64.7 Å². The average Bonchev–Trinajstić information content (AvgIpc) is 3.26. The Morgan fingerprint density at radius 3 is 2.74 bits per heavy atom. The van der Waals surface area contributed by atoms with E-state index in [-0.39, 0.29) is 11.9 Å². The minimum atomic E-state index is -0.0342. The maximum atomic E-state index is 12.1. The van der Waals surface area contributed by atoms with Gasteiger partial charge in [-0.3, -0.25) is 14.6 Å². The molecule has 2 aliphatic rings. The highest BCUT2D eigenvalue weighted by Crippen LogP contribution is 2.25. The topological polar surface area (TPSA) is 80.9 Å². The summed E-state index contributed by atoms with van der Waals surface area (Å²) in [6, 6.07) is 10.2. The lowest BCUT2D eigenvalue weighted by Crippen LogP contribution is -2.49. The van der Waals surface area contributed by atoms with Gasteiger partial charge >= 0.3 is 5.97 Å². The van der Waals surface area contributed by atoms with Crippen molar-refractivity contribution in [2.24, 2.45) is 5.92 Å². The maximum Gasteiger partial charge on any atom is 0.310 e. The minimum Gasteiger partial charge on any atom is -0.485 e. The highest BCUT2D eigenvalue weighted by atomic mass is 16.5. The van der Waals surface area contributed by atoms with Crippen LogP contribution in [0, 0.1) is 5.92 Å². The molecule has 2 fully saturated rings. The van der Waals surface area contributed by atoms with E-state index >= 15 is 0 Å². The second kappa shape index (κ2) is 10.7. The SMILES string of the molecule is CCOC(=O)[C@@H]1CCCN(C2CCN(Cc3nc(COc4ccccc4)no3)CC2)C1. The lowest BCUT2D eigenvalue weighted by atomic mass is 9.94. The van der Waals surface area contributed by atoms with Gasteiger partial charge in [0.2, 0.25) is 11.7 Å². The van der Waals surface area contributed by atoms with E-state index in [1.165, 1.54) is 0 Å². The van der Waals surface area contributed by atoms with Crippen LogP contribution < -0.4 is 4.74 Å². The maximum absolute atomic E-state index is 12.1. The summed E-state index contributed by atoms with van der Waals surface area (Å²) in [6.45, 7) is 7.18. The van der Waals surface area contributed by atoms with Crippen molar-refractivity contribution in [1.29, 1.82) is 0 Å². The van der Waals surface area contributed by atoms with Crippen molar-refractivity contribution in [3.05, 3.63) is 42.0 Å². The Kier molecular flexibility index (Phi) is 7.53. The van der Waals surface area contributed by atoms with Crippen LogP contribution in [0.3, 0.4) is 0 Å². The van der Waals surface area contributed by atoms with E-state index in [2.05, 4.69) is 19.9 Å². The average molecular weight is 429 g/mol. The summed E-state index contributed by atoms with van der Waals surface area (Å²) in [5.41, 5.74) is 0. The van der Waals surface area contributed by atoms with Gasteiger partial charge in [0, 0.05) is 25.7 Å². The zero-order chi connectivity index (χ0) is 21.5. The van der Waals surface area contributed by atoms with Crippen molar-refractivity contribution in [3.8, 4) is 5.75 Å². The number of likely N-dealkylation sites (tertiary alicyclic amines) is 2. The standard InChI is InChI=1S/C23H32N4O4/c1-2-29-23(28)18-7-6-12-27(15-18)19-10-13-26(14-11-19)16-22-24-21(25-31-22)17-30-20-8-4-3-5-9-20/h3-5,8-9,18-19H,2,6-7,10-17H2,1H3/t18-/m1/s1. The first-order valence-corrected chi connectivity index (χ1v) is 11.3. The van der Waals surface area contributed by atoms with Gasteiger partial charge in [-0.15, -0.1) is 0 Å². The normalized spacial score (nSPS) is 21.1. The molecule has 2 saturated heterocycles. The molecule has 2 aliphatic heterocycles. The van der Waals surface area contributed by atoms with E-state index in [0.29, 0.717) is 37.5 Å². The van der Waals surface area contributed by atoms with Crippen molar-refractivity contribution in [3.63, 3.8) is 0 Å². The summed E-state index contributed by atoms with van der Waals surface area (Å²) < 4.78 is 16.3. The number of carbonyl (C=O) groups is 1. The zero-order valence-electron chi connectivity index (χ0n) is 18.2. The summed E-state index contributed by atoms with van der Waals surface area (Å²) in [6.07, 6.45) is 4.20. The Morgan fingerprint density at radius 1 is 1.16 bits per heavy atom. The fraction of sp³-hybridized carbons (Fsp3) is 0.609. The minimum absolute atomic E-state index is 0.0293. The van der Waals surface area contributed by atoms with Crippen LogP contribution in [0.1, 0.15) is 44.3 Å². The molecule has 8 heteroatoms. The smallest absolute Gasteiger partial charge is 0.310 e. The number of ether oxygens (including phenoxy) is 2. The van der Waals surface area contributed by atoms with Crippen LogP contribution in [0.25, 0.3) is 0 Å². The number of nitrogens with zero attached hydrogens (tertiary/aromatic N) is 4. The highest BCUT2D eigenvalue weighted by molar-refractivity contribution is 5.72. The second-order valence-corrected chi connectivity index (χ2v) is 8.30. The zero-order valence-corrected chi connectivity index (χ0v) is 18.2. The Labute approximate surface area is 183 Å². The largest absolute Gasteiger partial charge is 0.485 e. The molecular weight excluding hydrogens is 396 g/mol. The van der Waals surface area contributed by atoms with Gasteiger partial charge in [0.1, 0.15) is 5.75 Å². The molecular formula is C23H32N4O4. The molecule has 2 aromatic rings. The summed E-state index contributed by atoms with van der Waals surface area (Å²) >= 11 is 0. The number of para-hydroxylation sites is 1. The molecule has 0 radical (unpaired) electrons. The molecule has 8 nitrogen and oxygen atoms in total. The predicted molar refractivity (Wildman–Crippen MR) is 114 cm³/mol. The predicted octanol–water partition coefficient (Wildman–Crippen LogP) is 2.89. The quantitative estimate of drug-likeness (QED) is 0.594. The molecule has 0 N–H and O–H groups in total. The number of carbonyl (C=O) groups excluding carboxylic acids is 1. The molecule has 0 aliphatic carbocycles. The molecule has 31 heavy (non-hydrogen) atoms. The van der Waals surface area contributed by atoms with Gasteiger partial charge in [-0.25, -0.2) is 0 Å². The van der Waals surface area contributed by atoms with Crippen LogP contribution in [-0.2, 0) is 22.7 Å². The molecule has 4 rings (SSSR count). The first kappa shape index (κ1) is 21.8. The summed E-state index contributed by atoms with van der Waals surface area (Å²) in [7, 11) is 0. The van der Waals surface area contributed by atoms with Gasteiger partial charge in [-0.05, 0) is 51.3 Å². The Bertz CT molecular complexity index is 820. The summed E-state index contributed by atoms with van der Waals surface area (Å²) in [4.78, 5) is 21.4. The second-order valence-electron chi connectivity index (χ2n) is 8.30. The van der Waals surface area contributed by atoms with Gasteiger partial charge < -0.3 is 14.0 Å². The Hall–Kier alpha value is -2.45. The van der Waals surface area contributed by atoms with E-state index < -0.39 is 0 Å². The molecule has 0 unspecified atom stereocenters. The lowest BCUT2D eigenvalue weighted by Gasteiger charge is -2.41. The van der Waals surface area contributed by atoms with Crippen molar-refractivity contribution in [1.82, 2.24) is 19.9 Å². The number of hydrogen-bond donors (Lipinski definition) is 0. The van der Waals surface area contributed by atoms with Crippen molar-refractivity contribution in [2.45, 2.75) is 51.8 Å². The van der Waals surface area contributed by atoms with Crippen LogP contribution in [0.5, 0.6) is 5.75 Å². The molecule has 3 heterocycles. The van der Waals surface area contributed by atoms with E-state index in [0.717, 1.165) is 57.6 Å². The van der Waals surface area contributed by atoms with Crippen LogP contribution >= 0.6 is 0 Å². The molecule has 1 aromatic heterocycles.